The molecule has 0 saturated carbocycles. The Hall–Kier alpha value is -2.90. The average molecular weight is 434 g/mol. The number of aromatic nitrogens is 2. The molecule has 32 heavy (non-hydrogen) atoms. The minimum atomic E-state index is 0.543. The molecule has 2 aliphatic heterocycles. The molecule has 1 radical (unpaired) electrons. The second-order valence-electron chi connectivity index (χ2n) is 8.31. The van der Waals surface area contributed by atoms with Gasteiger partial charge in [0.1, 0.15) is 19.0 Å². The Morgan fingerprint density at radius 1 is 1.12 bits per heavy atom. The van der Waals surface area contributed by atoms with Gasteiger partial charge in [0.15, 0.2) is 11.5 Å². The number of nitrogens with zero attached hydrogens (tertiary/aromatic N) is 3. The summed E-state index contributed by atoms with van der Waals surface area (Å²) in [5.41, 5.74) is 3.32. The number of pyridine rings is 2. The first kappa shape index (κ1) is 21.0. The molecule has 1 saturated heterocycles. The first-order chi connectivity index (χ1) is 15.8. The molecule has 0 unspecified atom stereocenters. The van der Waals surface area contributed by atoms with Crippen molar-refractivity contribution in [1.82, 2.24) is 20.2 Å². The van der Waals surface area contributed by atoms with E-state index >= 15 is 0 Å². The van der Waals surface area contributed by atoms with Gasteiger partial charge in [0, 0.05) is 43.8 Å². The van der Waals surface area contributed by atoms with E-state index in [-0.39, 0.29) is 0 Å². The van der Waals surface area contributed by atoms with E-state index in [1.54, 1.807) is 13.3 Å². The highest BCUT2D eigenvalue weighted by Crippen LogP contribution is 2.29. The lowest BCUT2D eigenvalue weighted by atomic mass is 10.1. The lowest BCUT2D eigenvalue weighted by Gasteiger charge is -2.19. The molecule has 1 fully saturated rings. The Bertz CT molecular complexity index is 1070. The van der Waals surface area contributed by atoms with Gasteiger partial charge in [0.2, 0.25) is 0 Å². The normalized spacial score (nSPS) is 18.2. The average Bonchev–Trinajstić information content (AvgIpc) is 3.30. The zero-order valence-corrected chi connectivity index (χ0v) is 18.4. The molecule has 1 N–H and O–H groups in total. The van der Waals surface area contributed by atoms with E-state index in [4.69, 9.17) is 14.2 Å². The summed E-state index contributed by atoms with van der Waals surface area (Å²) in [5, 5.41) is 4.72. The summed E-state index contributed by atoms with van der Waals surface area (Å²) in [6.07, 6.45) is 7.07. The minimum absolute atomic E-state index is 0.543. The van der Waals surface area contributed by atoms with Crippen LogP contribution < -0.4 is 19.5 Å². The molecule has 0 aliphatic carbocycles. The predicted octanol–water partition coefficient (Wildman–Crippen LogP) is 2.88. The van der Waals surface area contributed by atoms with Gasteiger partial charge in [0.05, 0.1) is 24.5 Å². The molecule has 1 atom stereocenters. The second kappa shape index (κ2) is 9.71. The third-order valence-electron chi connectivity index (χ3n) is 6.13. The summed E-state index contributed by atoms with van der Waals surface area (Å²) in [6, 6.07) is 10.2. The van der Waals surface area contributed by atoms with Gasteiger partial charge in [-0.3, -0.25) is 9.97 Å². The van der Waals surface area contributed by atoms with E-state index in [1.807, 2.05) is 24.4 Å². The number of benzene rings is 1. The highest BCUT2D eigenvalue weighted by atomic mass is 16.6. The van der Waals surface area contributed by atoms with E-state index in [2.05, 4.69) is 38.7 Å². The summed E-state index contributed by atoms with van der Waals surface area (Å²) < 4.78 is 16.6. The molecule has 0 spiro atoms. The van der Waals surface area contributed by atoms with Crippen LogP contribution in [-0.4, -0.2) is 61.4 Å². The maximum Gasteiger partial charge on any atom is 0.179 e. The molecule has 2 aromatic heterocycles. The van der Waals surface area contributed by atoms with Gasteiger partial charge in [-0.15, -0.1) is 0 Å². The van der Waals surface area contributed by atoms with Gasteiger partial charge in [-0.05, 0) is 55.1 Å². The third kappa shape index (κ3) is 4.79. The smallest absolute Gasteiger partial charge is 0.179 e. The molecule has 167 valence electrons. The standard InChI is InChI=1S/C25H29N4O3/c1-30-21-2-3-23-22(13-21)19(4-7-27-23)6-9-29-8-5-18(17-29)14-26-15-20-12-24-25(16-28-20)32-11-10-31-24/h2-5,7,12-13,16,18,26H,6,8-11,14-15,17H2,1H3/t18-/m0/s1. The van der Waals surface area contributed by atoms with Crippen molar-refractivity contribution in [2.45, 2.75) is 13.0 Å². The maximum atomic E-state index is 5.64. The van der Waals surface area contributed by atoms with Gasteiger partial charge < -0.3 is 24.4 Å². The molecule has 7 nitrogen and oxygen atoms in total. The summed E-state index contributed by atoms with van der Waals surface area (Å²) in [4.78, 5) is 11.5. The van der Waals surface area contributed by atoms with Crippen LogP contribution >= 0.6 is 0 Å². The summed E-state index contributed by atoms with van der Waals surface area (Å²) in [5.74, 6) is 2.95. The van der Waals surface area contributed by atoms with Gasteiger partial charge in [-0.1, -0.05) is 0 Å². The number of hydrogen-bond donors (Lipinski definition) is 1. The van der Waals surface area contributed by atoms with Crippen LogP contribution in [0.25, 0.3) is 10.9 Å². The van der Waals surface area contributed by atoms with Crippen molar-refractivity contribution in [3.63, 3.8) is 0 Å². The van der Waals surface area contributed by atoms with Crippen LogP contribution in [0, 0.1) is 12.3 Å². The molecule has 7 heteroatoms. The number of likely N-dealkylation sites (tertiary alicyclic amines) is 1. The van der Waals surface area contributed by atoms with E-state index < -0.39 is 0 Å². The Balaban J connectivity index is 1.10. The van der Waals surface area contributed by atoms with Crippen molar-refractivity contribution in [3.8, 4) is 17.2 Å². The zero-order valence-electron chi connectivity index (χ0n) is 18.4. The van der Waals surface area contributed by atoms with Crippen molar-refractivity contribution < 1.29 is 14.2 Å². The Kier molecular flexibility index (Phi) is 6.36. The molecule has 0 amide bonds. The molecule has 3 aromatic rings. The fraction of sp³-hybridized carbons (Fsp3) is 0.400. The SMILES string of the molecule is COc1ccc2nccc(CCN3C[CH][C@@H](CNCc4cc5c(cn4)OCCO5)C3)c2c1. The van der Waals surface area contributed by atoms with Crippen LogP contribution in [-0.2, 0) is 13.0 Å². The van der Waals surface area contributed by atoms with Crippen LogP contribution in [0.1, 0.15) is 11.3 Å². The van der Waals surface area contributed by atoms with Crippen molar-refractivity contribution >= 4 is 10.9 Å². The lowest BCUT2D eigenvalue weighted by molar-refractivity contribution is 0.170. The maximum absolute atomic E-state index is 5.64. The Labute approximate surface area is 188 Å². The van der Waals surface area contributed by atoms with Gasteiger partial charge in [0.25, 0.3) is 0 Å². The molecular weight excluding hydrogens is 404 g/mol. The van der Waals surface area contributed by atoms with Gasteiger partial charge in [-0.2, -0.15) is 0 Å². The quantitative estimate of drug-likeness (QED) is 0.586. The van der Waals surface area contributed by atoms with Crippen molar-refractivity contribution in [2.24, 2.45) is 5.92 Å². The molecule has 5 rings (SSSR count). The number of rotatable bonds is 8. The molecular formula is C25H29N4O3. The largest absolute Gasteiger partial charge is 0.497 e. The molecule has 2 aliphatic rings. The molecule has 4 heterocycles. The summed E-state index contributed by atoms with van der Waals surface area (Å²) >= 11 is 0. The minimum Gasteiger partial charge on any atom is -0.497 e. The van der Waals surface area contributed by atoms with Crippen LogP contribution in [0.5, 0.6) is 17.2 Å². The van der Waals surface area contributed by atoms with Crippen molar-refractivity contribution in [3.05, 3.63) is 60.4 Å². The van der Waals surface area contributed by atoms with Gasteiger partial charge >= 0.3 is 0 Å². The highest BCUT2D eigenvalue weighted by molar-refractivity contribution is 5.83. The van der Waals surface area contributed by atoms with Crippen molar-refractivity contribution in [1.29, 1.82) is 0 Å². The fourth-order valence-corrected chi connectivity index (χ4v) is 4.39. The van der Waals surface area contributed by atoms with E-state index in [0.717, 1.165) is 67.6 Å². The lowest BCUT2D eigenvalue weighted by Crippen LogP contribution is -2.28. The Morgan fingerprint density at radius 2 is 2.03 bits per heavy atom. The Morgan fingerprint density at radius 3 is 2.94 bits per heavy atom. The predicted molar refractivity (Wildman–Crippen MR) is 123 cm³/mol. The topological polar surface area (TPSA) is 68.7 Å². The number of ether oxygens (including phenoxy) is 3. The monoisotopic (exact) mass is 433 g/mol. The second-order valence-corrected chi connectivity index (χ2v) is 8.31. The zero-order chi connectivity index (χ0) is 21.8. The first-order valence-corrected chi connectivity index (χ1v) is 11.2. The summed E-state index contributed by atoms with van der Waals surface area (Å²) in [6.45, 7) is 6.00. The van der Waals surface area contributed by atoms with E-state index in [9.17, 15) is 0 Å². The molecule has 1 aromatic carbocycles. The summed E-state index contributed by atoms with van der Waals surface area (Å²) in [7, 11) is 1.70. The molecule has 0 bridgehead atoms. The number of nitrogens with one attached hydrogen (secondary N) is 1. The van der Waals surface area contributed by atoms with Crippen LogP contribution in [0.3, 0.4) is 0 Å². The van der Waals surface area contributed by atoms with Gasteiger partial charge in [-0.25, -0.2) is 0 Å². The van der Waals surface area contributed by atoms with Crippen molar-refractivity contribution in [2.75, 3.05) is 46.5 Å². The van der Waals surface area contributed by atoms with Crippen LogP contribution in [0.4, 0.5) is 0 Å². The van der Waals surface area contributed by atoms with Crippen LogP contribution in [0.15, 0.2) is 42.7 Å². The first-order valence-electron chi connectivity index (χ1n) is 11.2. The number of hydrogen-bond acceptors (Lipinski definition) is 7. The third-order valence-corrected chi connectivity index (χ3v) is 6.13. The van der Waals surface area contributed by atoms with Crippen LogP contribution in [0.2, 0.25) is 0 Å². The number of fused-ring (bicyclic) bond motifs is 2. The van der Waals surface area contributed by atoms with E-state index in [0.29, 0.717) is 19.1 Å². The van der Waals surface area contributed by atoms with E-state index in [1.165, 1.54) is 10.9 Å². The number of methoxy groups -OCH3 is 1. The fourth-order valence-electron chi connectivity index (χ4n) is 4.39. The highest BCUT2D eigenvalue weighted by Gasteiger charge is 2.22.